The number of hydrogen-bond acceptors (Lipinski definition) is 2. The molecule has 0 unspecified atom stereocenters. The van der Waals surface area contributed by atoms with Gasteiger partial charge in [0, 0.05) is 29.7 Å². The average molecular weight is 258 g/mol. The molecule has 1 saturated heterocycles. The lowest BCUT2D eigenvalue weighted by Crippen LogP contribution is -2.36. The SMILES string of the molecule is Cc1c(CCCN2CCOCC2)[nH]c2ccccc12. The normalized spacial score (nSPS) is 17.1. The number of morpholine rings is 1. The van der Waals surface area contributed by atoms with Crippen LogP contribution >= 0.6 is 0 Å². The predicted molar refractivity (Wildman–Crippen MR) is 78.6 cm³/mol. The molecule has 0 spiro atoms. The molecule has 1 aliphatic heterocycles. The zero-order valence-corrected chi connectivity index (χ0v) is 11.6. The van der Waals surface area contributed by atoms with E-state index in [0.29, 0.717) is 0 Å². The molecular formula is C16H22N2O. The van der Waals surface area contributed by atoms with Crippen LogP contribution in [-0.4, -0.2) is 42.7 Å². The monoisotopic (exact) mass is 258 g/mol. The first-order valence-corrected chi connectivity index (χ1v) is 7.21. The fraction of sp³-hybridized carbons (Fsp3) is 0.500. The summed E-state index contributed by atoms with van der Waals surface area (Å²) in [5, 5.41) is 1.36. The number of nitrogens with zero attached hydrogens (tertiary/aromatic N) is 1. The summed E-state index contributed by atoms with van der Waals surface area (Å²) in [6.45, 7) is 7.37. The van der Waals surface area contributed by atoms with E-state index in [4.69, 9.17) is 4.74 Å². The van der Waals surface area contributed by atoms with Gasteiger partial charge in [-0.1, -0.05) is 18.2 Å². The van der Waals surface area contributed by atoms with Crippen LogP contribution in [0.4, 0.5) is 0 Å². The summed E-state index contributed by atoms with van der Waals surface area (Å²) >= 11 is 0. The first kappa shape index (κ1) is 12.7. The maximum atomic E-state index is 5.38. The first-order valence-electron chi connectivity index (χ1n) is 7.21. The zero-order chi connectivity index (χ0) is 13.1. The summed E-state index contributed by atoms with van der Waals surface area (Å²) in [7, 11) is 0. The number of fused-ring (bicyclic) bond motifs is 1. The van der Waals surface area contributed by atoms with E-state index in [9.17, 15) is 0 Å². The van der Waals surface area contributed by atoms with E-state index in [2.05, 4.69) is 41.1 Å². The number of para-hydroxylation sites is 1. The third kappa shape index (κ3) is 2.82. The van der Waals surface area contributed by atoms with Crippen LogP contribution in [-0.2, 0) is 11.2 Å². The van der Waals surface area contributed by atoms with Crippen molar-refractivity contribution in [3.63, 3.8) is 0 Å². The predicted octanol–water partition coefficient (Wildman–Crippen LogP) is 2.74. The Morgan fingerprint density at radius 3 is 2.79 bits per heavy atom. The number of aromatic nitrogens is 1. The van der Waals surface area contributed by atoms with Gasteiger partial charge in [-0.3, -0.25) is 4.90 Å². The van der Waals surface area contributed by atoms with E-state index >= 15 is 0 Å². The topological polar surface area (TPSA) is 28.3 Å². The van der Waals surface area contributed by atoms with E-state index in [-0.39, 0.29) is 0 Å². The molecule has 0 radical (unpaired) electrons. The van der Waals surface area contributed by atoms with E-state index in [1.54, 1.807) is 0 Å². The van der Waals surface area contributed by atoms with Gasteiger partial charge in [0.05, 0.1) is 13.2 Å². The summed E-state index contributed by atoms with van der Waals surface area (Å²) in [5.74, 6) is 0. The number of benzene rings is 1. The van der Waals surface area contributed by atoms with Crippen LogP contribution in [0.3, 0.4) is 0 Å². The Morgan fingerprint density at radius 2 is 2.00 bits per heavy atom. The molecular weight excluding hydrogens is 236 g/mol. The Morgan fingerprint density at radius 1 is 1.21 bits per heavy atom. The molecule has 102 valence electrons. The second-order valence-corrected chi connectivity index (χ2v) is 5.33. The molecule has 1 aromatic heterocycles. The van der Waals surface area contributed by atoms with Gasteiger partial charge in [-0.2, -0.15) is 0 Å². The van der Waals surface area contributed by atoms with Crippen LogP contribution in [0, 0.1) is 6.92 Å². The van der Waals surface area contributed by atoms with Gasteiger partial charge >= 0.3 is 0 Å². The summed E-state index contributed by atoms with van der Waals surface area (Å²) in [6, 6.07) is 8.57. The van der Waals surface area contributed by atoms with E-state index < -0.39 is 0 Å². The highest BCUT2D eigenvalue weighted by Crippen LogP contribution is 2.22. The molecule has 3 heteroatoms. The van der Waals surface area contributed by atoms with Gasteiger partial charge in [0.2, 0.25) is 0 Å². The molecule has 1 aromatic carbocycles. The molecule has 1 N–H and O–H groups in total. The van der Waals surface area contributed by atoms with Gasteiger partial charge in [0.1, 0.15) is 0 Å². The van der Waals surface area contributed by atoms with Crippen molar-refractivity contribution < 1.29 is 4.74 Å². The fourth-order valence-electron chi connectivity index (χ4n) is 2.89. The lowest BCUT2D eigenvalue weighted by molar-refractivity contribution is 0.0374. The third-order valence-corrected chi connectivity index (χ3v) is 4.07. The van der Waals surface area contributed by atoms with Crippen molar-refractivity contribution in [2.45, 2.75) is 19.8 Å². The highest BCUT2D eigenvalue weighted by Gasteiger charge is 2.11. The molecule has 0 saturated carbocycles. The first-order chi connectivity index (χ1) is 9.34. The van der Waals surface area contributed by atoms with E-state index in [1.807, 2.05) is 0 Å². The Balaban J connectivity index is 1.60. The molecule has 3 nitrogen and oxygen atoms in total. The molecule has 19 heavy (non-hydrogen) atoms. The van der Waals surface area contributed by atoms with Crippen LogP contribution in [0.25, 0.3) is 10.9 Å². The van der Waals surface area contributed by atoms with Gasteiger partial charge in [-0.25, -0.2) is 0 Å². The number of H-pyrrole nitrogens is 1. The van der Waals surface area contributed by atoms with Crippen molar-refractivity contribution in [1.82, 2.24) is 9.88 Å². The fourth-order valence-corrected chi connectivity index (χ4v) is 2.89. The molecule has 1 aliphatic rings. The van der Waals surface area contributed by atoms with Crippen molar-refractivity contribution in [3.8, 4) is 0 Å². The Bertz CT molecular complexity index is 541. The molecule has 0 bridgehead atoms. The minimum atomic E-state index is 0.894. The van der Waals surface area contributed by atoms with Gasteiger partial charge in [-0.05, 0) is 37.9 Å². The highest BCUT2D eigenvalue weighted by molar-refractivity contribution is 5.84. The van der Waals surface area contributed by atoms with Gasteiger partial charge in [-0.15, -0.1) is 0 Å². The summed E-state index contributed by atoms with van der Waals surface area (Å²) < 4.78 is 5.38. The minimum absolute atomic E-state index is 0.894. The summed E-state index contributed by atoms with van der Waals surface area (Å²) in [5.41, 5.74) is 4.08. The molecule has 1 fully saturated rings. The standard InChI is InChI=1S/C16H22N2O/c1-13-14-5-2-3-6-16(14)17-15(13)7-4-8-18-9-11-19-12-10-18/h2-3,5-6,17H,4,7-12H2,1H3. The second kappa shape index (κ2) is 5.76. The molecule has 2 heterocycles. The second-order valence-electron chi connectivity index (χ2n) is 5.33. The maximum Gasteiger partial charge on any atom is 0.0594 e. The number of nitrogens with one attached hydrogen (secondary N) is 1. The van der Waals surface area contributed by atoms with Gasteiger partial charge < -0.3 is 9.72 Å². The van der Waals surface area contributed by atoms with Crippen molar-refractivity contribution in [1.29, 1.82) is 0 Å². The largest absolute Gasteiger partial charge is 0.379 e. The van der Waals surface area contributed by atoms with Crippen molar-refractivity contribution in [3.05, 3.63) is 35.5 Å². The lowest BCUT2D eigenvalue weighted by atomic mass is 10.1. The number of ether oxygens (including phenoxy) is 1. The number of aryl methyl sites for hydroxylation is 2. The number of rotatable bonds is 4. The molecule has 0 aliphatic carbocycles. The van der Waals surface area contributed by atoms with Crippen molar-refractivity contribution >= 4 is 10.9 Å². The Labute approximate surface area is 114 Å². The van der Waals surface area contributed by atoms with Crippen LogP contribution in [0.1, 0.15) is 17.7 Å². The quantitative estimate of drug-likeness (QED) is 0.913. The smallest absolute Gasteiger partial charge is 0.0594 e. The van der Waals surface area contributed by atoms with Gasteiger partial charge in [0.15, 0.2) is 0 Å². The Kier molecular flexibility index (Phi) is 3.85. The molecule has 0 atom stereocenters. The molecule has 3 rings (SSSR count). The van der Waals surface area contributed by atoms with E-state index in [0.717, 1.165) is 32.7 Å². The number of hydrogen-bond donors (Lipinski definition) is 1. The zero-order valence-electron chi connectivity index (χ0n) is 11.6. The number of aromatic amines is 1. The summed E-state index contributed by atoms with van der Waals surface area (Å²) in [6.07, 6.45) is 2.35. The van der Waals surface area contributed by atoms with Crippen LogP contribution < -0.4 is 0 Å². The third-order valence-electron chi connectivity index (χ3n) is 4.07. The average Bonchev–Trinajstić information content (AvgIpc) is 2.78. The minimum Gasteiger partial charge on any atom is -0.379 e. The summed E-state index contributed by atoms with van der Waals surface area (Å²) in [4.78, 5) is 6.06. The van der Waals surface area contributed by atoms with Crippen LogP contribution in [0.5, 0.6) is 0 Å². The van der Waals surface area contributed by atoms with E-state index in [1.165, 1.54) is 35.1 Å². The van der Waals surface area contributed by atoms with Crippen molar-refractivity contribution in [2.24, 2.45) is 0 Å². The lowest BCUT2D eigenvalue weighted by Gasteiger charge is -2.26. The molecule has 2 aromatic rings. The van der Waals surface area contributed by atoms with Gasteiger partial charge in [0.25, 0.3) is 0 Å². The maximum absolute atomic E-state index is 5.38. The Hall–Kier alpha value is -1.32. The van der Waals surface area contributed by atoms with Crippen LogP contribution in [0.2, 0.25) is 0 Å². The molecule has 0 amide bonds. The van der Waals surface area contributed by atoms with Crippen molar-refractivity contribution in [2.75, 3.05) is 32.8 Å². The van der Waals surface area contributed by atoms with Crippen LogP contribution in [0.15, 0.2) is 24.3 Å². The highest BCUT2D eigenvalue weighted by atomic mass is 16.5.